The molecule has 1 aromatic rings. The van der Waals surface area contributed by atoms with Crippen LogP contribution in [0.15, 0.2) is 24.3 Å². The molecule has 2 aliphatic rings. The van der Waals surface area contributed by atoms with Crippen LogP contribution in [0.25, 0.3) is 0 Å². The maximum absolute atomic E-state index is 12.4. The van der Waals surface area contributed by atoms with E-state index < -0.39 is 4.92 Å². The Morgan fingerprint density at radius 3 is 2.50 bits per heavy atom. The third-order valence-electron chi connectivity index (χ3n) is 4.90. The van der Waals surface area contributed by atoms with Gasteiger partial charge in [0.1, 0.15) is 5.69 Å². The van der Waals surface area contributed by atoms with Crippen molar-refractivity contribution in [3.05, 3.63) is 34.4 Å². The van der Waals surface area contributed by atoms with E-state index in [-0.39, 0.29) is 30.5 Å². The summed E-state index contributed by atoms with van der Waals surface area (Å²) in [6, 6.07) is 6.41. The first-order valence-electron chi connectivity index (χ1n) is 8.11. The predicted molar refractivity (Wildman–Crippen MR) is 94.5 cm³/mol. The standard InChI is InChI=1S/C16H22N4O3.ClH/c21-16(11-18-14-3-1-2-4-15(14)20(22)23)19-7-5-12-9-17-10-13(12)6-8-19;/h1-4,12-13,17-18H,5-11H2;1H/t12-,13+;. The SMILES string of the molecule is Cl.O=C(CNc1ccccc1[N+](=O)[O-])N1CC[C@@H]2CNC[C@@H]2CC1. The van der Waals surface area contributed by atoms with Crippen LogP contribution in [0.2, 0.25) is 0 Å². The number of nitro groups is 1. The Morgan fingerprint density at radius 2 is 1.88 bits per heavy atom. The van der Waals surface area contributed by atoms with Crippen molar-refractivity contribution in [3.8, 4) is 0 Å². The van der Waals surface area contributed by atoms with E-state index in [1.165, 1.54) is 6.07 Å². The van der Waals surface area contributed by atoms with Crippen molar-refractivity contribution in [1.29, 1.82) is 0 Å². The van der Waals surface area contributed by atoms with Crippen molar-refractivity contribution >= 4 is 29.7 Å². The molecule has 2 atom stereocenters. The molecule has 8 heteroatoms. The number of likely N-dealkylation sites (tertiary alicyclic amines) is 1. The number of carbonyl (C=O) groups excluding carboxylic acids is 1. The Morgan fingerprint density at radius 1 is 1.25 bits per heavy atom. The van der Waals surface area contributed by atoms with Gasteiger partial charge in [-0.1, -0.05) is 12.1 Å². The van der Waals surface area contributed by atoms with Gasteiger partial charge < -0.3 is 15.5 Å². The number of para-hydroxylation sites is 2. The van der Waals surface area contributed by atoms with E-state index >= 15 is 0 Å². The van der Waals surface area contributed by atoms with E-state index in [1.54, 1.807) is 18.2 Å². The first kappa shape index (κ1) is 18.5. The first-order valence-corrected chi connectivity index (χ1v) is 8.11. The van der Waals surface area contributed by atoms with E-state index in [1.807, 2.05) is 4.90 Å². The predicted octanol–water partition coefficient (Wildman–Crippen LogP) is 1.89. The Labute approximate surface area is 147 Å². The molecular weight excluding hydrogens is 332 g/mol. The molecule has 0 bridgehead atoms. The van der Waals surface area contributed by atoms with Crippen LogP contribution in [-0.4, -0.2) is 48.5 Å². The highest BCUT2D eigenvalue weighted by Gasteiger charge is 2.31. The number of anilines is 1. The summed E-state index contributed by atoms with van der Waals surface area (Å²) in [5, 5.41) is 17.3. The lowest BCUT2D eigenvalue weighted by Gasteiger charge is -2.21. The average Bonchev–Trinajstić information content (AvgIpc) is 2.91. The summed E-state index contributed by atoms with van der Waals surface area (Å²) in [5.41, 5.74) is 0.388. The molecule has 7 nitrogen and oxygen atoms in total. The van der Waals surface area contributed by atoms with Crippen molar-refractivity contribution < 1.29 is 9.72 Å². The van der Waals surface area contributed by atoms with Crippen molar-refractivity contribution in [3.63, 3.8) is 0 Å². The number of fused-ring (bicyclic) bond motifs is 1. The smallest absolute Gasteiger partial charge is 0.292 e. The summed E-state index contributed by atoms with van der Waals surface area (Å²) in [4.78, 5) is 24.8. The molecule has 0 radical (unpaired) electrons. The fraction of sp³-hybridized carbons (Fsp3) is 0.562. The minimum Gasteiger partial charge on any atom is -0.371 e. The highest BCUT2D eigenvalue weighted by Crippen LogP contribution is 2.27. The lowest BCUT2D eigenvalue weighted by atomic mass is 9.92. The average molecular weight is 355 g/mol. The lowest BCUT2D eigenvalue weighted by molar-refractivity contribution is -0.383. The molecule has 0 spiro atoms. The number of hydrogen-bond donors (Lipinski definition) is 2. The largest absolute Gasteiger partial charge is 0.371 e. The van der Waals surface area contributed by atoms with Crippen molar-refractivity contribution in [2.45, 2.75) is 12.8 Å². The van der Waals surface area contributed by atoms with Crippen LogP contribution in [0.3, 0.4) is 0 Å². The summed E-state index contributed by atoms with van der Waals surface area (Å²) in [6.45, 7) is 3.77. The molecule has 1 aromatic carbocycles. The molecule has 0 aromatic heterocycles. The number of halogens is 1. The van der Waals surface area contributed by atoms with Gasteiger partial charge in [0.25, 0.3) is 5.69 Å². The summed E-state index contributed by atoms with van der Waals surface area (Å²) >= 11 is 0. The quantitative estimate of drug-likeness (QED) is 0.636. The molecule has 2 saturated heterocycles. The van der Waals surface area contributed by atoms with Crippen molar-refractivity contribution in [1.82, 2.24) is 10.2 Å². The van der Waals surface area contributed by atoms with Gasteiger partial charge in [0.2, 0.25) is 5.91 Å². The van der Waals surface area contributed by atoms with Crippen molar-refractivity contribution in [2.24, 2.45) is 11.8 Å². The fourth-order valence-electron chi connectivity index (χ4n) is 3.53. The number of carbonyl (C=O) groups is 1. The monoisotopic (exact) mass is 354 g/mol. The number of hydrogen-bond acceptors (Lipinski definition) is 5. The van der Waals surface area contributed by atoms with E-state index in [0.29, 0.717) is 17.5 Å². The Hall–Kier alpha value is -1.86. The number of amides is 1. The van der Waals surface area contributed by atoms with Gasteiger partial charge in [0, 0.05) is 19.2 Å². The Bertz CT molecular complexity index is 584. The fourth-order valence-corrected chi connectivity index (χ4v) is 3.53. The molecular formula is C16H23ClN4O3. The van der Waals surface area contributed by atoms with Crippen LogP contribution in [0.5, 0.6) is 0 Å². The molecule has 0 saturated carbocycles. The molecule has 0 unspecified atom stereocenters. The van der Waals surface area contributed by atoms with Gasteiger partial charge in [-0.2, -0.15) is 0 Å². The molecule has 2 fully saturated rings. The molecule has 24 heavy (non-hydrogen) atoms. The second-order valence-corrected chi connectivity index (χ2v) is 6.26. The summed E-state index contributed by atoms with van der Waals surface area (Å²) in [7, 11) is 0. The van der Waals surface area contributed by atoms with Gasteiger partial charge in [-0.05, 0) is 43.8 Å². The Kier molecular flexibility index (Phi) is 6.39. The maximum Gasteiger partial charge on any atom is 0.292 e. The lowest BCUT2D eigenvalue weighted by Crippen LogP contribution is -2.36. The molecule has 0 aliphatic carbocycles. The van der Waals surface area contributed by atoms with E-state index in [2.05, 4.69) is 10.6 Å². The van der Waals surface area contributed by atoms with Crippen molar-refractivity contribution in [2.75, 3.05) is 38.0 Å². The zero-order valence-corrected chi connectivity index (χ0v) is 14.3. The summed E-state index contributed by atoms with van der Waals surface area (Å²) < 4.78 is 0. The zero-order chi connectivity index (χ0) is 16.2. The number of nitrogens with one attached hydrogen (secondary N) is 2. The van der Waals surface area contributed by atoms with E-state index in [0.717, 1.165) is 39.0 Å². The van der Waals surface area contributed by atoms with Crippen LogP contribution >= 0.6 is 12.4 Å². The molecule has 1 amide bonds. The van der Waals surface area contributed by atoms with Gasteiger partial charge in [-0.25, -0.2) is 0 Å². The van der Waals surface area contributed by atoms with Crippen LogP contribution in [-0.2, 0) is 4.79 Å². The maximum atomic E-state index is 12.4. The van der Waals surface area contributed by atoms with E-state index in [9.17, 15) is 14.9 Å². The number of rotatable bonds is 4. The molecule has 2 heterocycles. The van der Waals surface area contributed by atoms with Crippen LogP contribution < -0.4 is 10.6 Å². The third-order valence-corrected chi connectivity index (χ3v) is 4.90. The molecule has 2 aliphatic heterocycles. The second kappa shape index (κ2) is 8.30. The minimum absolute atomic E-state index is 0. The summed E-state index contributed by atoms with van der Waals surface area (Å²) in [6.07, 6.45) is 2.07. The van der Waals surface area contributed by atoms with Gasteiger partial charge in [-0.15, -0.1) is 12.4 Å². The normalized spacial score (nSPS) is 22.9. The van der Waals surface area contributed by atoms with Gasteiger partial charge in [0.05, 0.1) is 11.5 Å². The Balaban J connectivity index is 0.00000208. The minimum atomic E-state index is -0.438. The first-order chi connectivity index (χ1) is 11.1. The molecule has 2 N–H and O–H groups in total. The number of nitro benzene ring substituents is 1. The number of nitrogens with zero attached hydrogens (tertiary/aromatic N) is 2. The highest BCUT2D eigenvalue weighted by molar-refractivity contribution is 5.85. The zero-order valence-electron chi connectivity index (χ0n) is 13.4. The van der Waals surface area contributed by atoms with Gasteiger partial charge >= 0.3 is 0 Å². The van der Waals surface area contributed by atoms with Crippen LogP contribution in [0.1, 0.15) is 12.8 Å². The topological polar surface area (TPSA) is 87.5 Å². The van der Waals surface area contributed by atoms with Crippen LogP contribution in [0.4, 0.5) is 11.4 Å². The summed E-state index contributed by atoms with van der Waals surface area (Å²) in [5.74, 6) is 1.36. The van der Waals surface area contributed by atoms with Crippen LogP contribution in [0, 0.1) is 22.0 Å². The van der Waals surface area contributed by atoms with Gasteiger partial charge in [0.15, 0.2) is 0 Å². The highest BCUT2D eigenvalue weighted by atomic mass is 35.5. The van der Waals surface area contributed by atoms with Gasteiger partial charge in [-0.3, -0.25) is 14.9 Å². The number of benzene rings is 1. The second-order valence-electron chi connectivity index (χ2n) is 6.26. The molecule has 3 rings (SSSR count). The molecule has 132 valence electrons. The van der Waals surface area contributed by atoms with E-state index in [4.69, 9.17) is 0 Å². The third kappa shape index (κ3) is 4.15.